The van der Waals surface area contributed by atoms with E-state index in [1.54, 1.807) is 6.07 Å². The summed E-state index contributed by atoms with van der Waals surface area (Å²) in [6.07, 6.45) is -1.52. The summed E-state index contributed by atoms with van der Waals surface area (Å²) in [5.41, 5.74) is -0.234. The number of hydrogen-bond donors (Lipinski definition) is 0. The van der Waals surface area contributed by atoms with Crippen LogP contribution in [0.2, 0.25) is 0 Å². The van der Waals surface area contributed by atoms with Gasteiger partial charge in [-0.15, -0.1) is 11.6 Å². The molecule has 0 saturated carbocycles. The minimum absolute atomic E-state index is 0.0329. The lowest BCUT2D eigenvalue weighted by Crippen LogP contribution is -1.98. The number of alkyl halides is 3. The molecule has 0 aliphatic rings. The Morgan fingerprint density at radius 3 is 2.77 bits per heavy atom. The van der Waals surface area contributed by atoms with Crippen molar-refractivity contribution in [2.75, 3.05) is 0 Å². The van der Waals surface area contributed by atoms with Gasteiger partial charge in [0, 0.05) is 12.1 Å². The minimum atomic E-state index is -2.74. The van der Waals surface area contributed by atoms with Crippen LogP contribution in [0.5, 0.6) is 0 Å². The Kier molecular flexibility index (Phi) is 3.15. The van der Waals surface area contributed by atoms with Crippen molar-refractivity contribution >= 4 is 11.6 Å². The number of halogens is 3. The Bertz CT molecular complexity index is 346. The number of nitrogens with zero attached hydrogens (tertiary/aromatic N) is 2. The predicted octanol–water partition coefficient (Wildman–Crippen LogP) is 2.63. The monoisotopic (exact) mass is 202 g/mol. The first-order chi connectivity index (χ1) is 6.20. The molecule has 1 heterocycles. The lowest BCUT2D eigenvalue weighted by Gasteiger charge is -2.04. The molecule has 0 radical (unpaired) electrons. The van der Waals surface area contributed by atoms with Crippen LogP contribution in [0, 0.1) is 11.3 Å². The Hall–Kier alpha value is -1.21. The Balaban J connectivity index is 3.29. The summed E-state index contributed by atoms with van der Waals surface area (Å²) in [6.45, 7) is 0. The second-order valence-electron chi connectivity index (χ2n) is 2.28. The van der Waals surface area contributed by atoms with Crippen molar-refractivity contribution < 1.29 is 8.78 Å². The van der Waals surface area contributed by atoms with Gasteiger partial charge in [-0.2, -0.15) is 5.26 Å². The fourth-order valence-corrected chi connectivity index (χ4v) is 1.15. The summed E-state index contributed by atoms with van der Waals surface area (Å²) < 4.78 is 24.5. The van der Waals surface area contributed by atoms with Crippen molar-refractivity contribution in [2.24, 2.45) is 0 Å². The van der Waals surface area contributed by atoms with E-state index in [1.807, 2.05) is 0 Å². The van der Waals surface area contributed by atoms with Gasteiger partial charge in [0.2, 0.25) is 0 Å². The highest BCUT2D eigenvalue weighted by Gasteiger charge is 2.16. The molecule has 0 atom stereocenters. The van der Waals surface area contributed by atoms with Crippen molar-refractivity contribution in [3.8, 4) is 6.07 Å². The summed E-state index contributed by atoms with van der Waals surface area (Å²) in [7, 11) is 0. The molecule has 0 spiro atoms. The number of rotatable bonds is 2. The maximum Gasteiger partial charge on any atom is 0.281 e. The van der Waals surface area contributed by atoms with Gasteiger partial charge in [0.15, 0.2) is 0 Å². The van der Waals surface area contributed by atoms with Gasteiger partial charge in [-0.3, -0.25) is 4.98 Å². The molecule has 0 unspecified atom stereocenters. The molecular weight excluding hydrogens is 198 g/mol. The van der Waals surface area contributed by atoms with E-state index >= 15 is 0 Å². The van der Waals surface area contributed by atoms with Gasteiger partial charge in [0.1, 0.15) is 11.8 Å². The summed E-state index contributed by atoms with van der Waals surface area (Å²) >= 11 is 5.46. The highest BCUT2D eigenvalue weighted by atomic mass is 35.5. The van der Waals surface area contributed by atoms with Crippen molar-refractivity contribution in [2.45, 2.75) is 12.3 Å². The van der Waals surface area contributed by atoms with Crippen LogP contribution in [0.15, 0.2) is 12.3 Å². The van der Waals surface area contributed by atoms with E-state index in [0.29, 0.717) is 5.56 Å². The Morgan fingerprint density at radius 2 is 2.31 bits per heavy atom. The molecule has 1 aromatic rings. The summed E-state index contributed by atoms with van der Waals surface area (Å²) in [5, 5.41) is 8.60. The smallest absolute Gasteiger partial charge is 0.254 e. The lowest BCUT2D eigenvalue weighted by molar-refractivity contribution is 0.145. The quantitative estimate of drug-likeness (QED) is 0.692. The topological polar surface area (TPSA) is 36.7 Å². The van der Waals surface area contributed by atoms with E-state index in [1.165, 1.54) is 12.3 Å². The second-order valence-corrected chi connectivity index (χ2v) is 2.54. The molecule has 0 aromatic carbocycles. The van der Waals surface area contributed by atoms with Crippen molar-refractivity contribution in [1.82, 2.24) is 4.98 Å². The summed E-state index contributed by atoms with van der Waals surface area (Å²) in [4.78, 5) is 3.43. The zero-order valence-corrected chi connectivity index (χ0v) is 7.22. The van der Waals surface area contributed by atoms with Crippen LogP contribution in [0.3, 0.4) is 0 Å². The third-order valence-electron chi connectivity index (χ3n) is 1.53. The summed E-state index contributed by atoms with van der Waals surface area (Å²) in [6, 6.07) is 3.13. The molecule has 0 fully saturated rings. The Morgan fingerprint density at radius 1 is 1.62 bits per heavy atom. The first-order valence-corrected chi connectivity index (χ1v) is 3.96. The van der Waals surface area contributed by atoms with Gasteiger partial charge >= 0.3 is 0 Å². The van der Waals surface area contributed by atoms with Gasteiger partial charge in [-0.25, -0.2) is 8.78 Å². The SMILES string of the molecule is N#Cc1c(CCl)ccnc1C(F)F. The fraction of sp³-hybridized carbons (Fsp3) is 0.250. The molecule has 2 nitrogen and oxygen atoms in total. The average Bonchev–Trinajstić information content (AvgIpc) is 2.16. The first-order valence-electron chi connectivity index (χ1n) is 3.42. The molecule has 1 rings (SSSR count). The number of nitriles is 1. The van der Waals surface area contributed by atoms with Crippen LogP contribution in [0.1, 0.15) is 23.2 Å². The van der Waals surface area contributed by atoms with E-state index in [-0.39, 0.29) is 11.4 Å². The molecule has 0 saturated heterocycles. The Labute approximate surface area is 78.8 Å². The van der Waals surface area contributed by atoms with Gasteiger partial charge in [-0.05, 0) is 11.6 Å². The van der Waals surface area contributed by atoms with E-state index in [2.05, 4.69) is 4.98 Å². The molecule has 0 aliphatic heterocycles. The molecule has 0 amide bonds. The van der Waals surface area contributed by atoms with Gasteiger partial charge in [0.05, 0.1) is 5.56 Å². The molecule has 0 N–H and O–H groups in total. The summed E-state index contributed by atoms with van der Waals surface area (Å²) in [5.74, 6) is 0.0329. The van der Waals surface area contributed by atoms with E-state index in [4.69, 9.17) is 16.9 Å². The average molecular weight is 203 g/mol. The van der Waals surface area contributed by atoms with Crippen LogP contribution in [0.25, 0.3) is 0 Å². The van der Waals surface area contributed by atoms with Crippen LogP contribution < -0.4 is 0 Å². The highest BCUT2D eigenvalue weighted by Crippen LogP contribution is 2.23. The number of aromatic nitrogens is 1. The third kappa shape index (κ3) is 1.93. The minimum Gasteiger partial charge on any atom is -0.254 e. The van der Waals surface area contributed by atoms with Crippen molar-refractivity contribution in [3.05, 3.63) is 29.1 Å². The maximum atomic E-state index is 12.3. The van der Waals surface area contributed by atoms with E-state index < -0.39 is 12.1 Å². The van der Waals surface area contributed by atoms with E-state index in [9.17, 15) is 8.78 Å². The lowest BCUT2D eigenvalue weighted by atomic mass is 10.1. The van der Waals surface area contributed by atoms with Crippen molar-refractivity contribution in [1.29, 1.82) is 5.26 Å². The zero-order chi connectivity index (χ0) is 9.84. The fourth-order valence-electron chi connectivity index (χ4n) is 0.926. The zero-order valence-electron chi connectivity index (χ0n) is 6.47. The van der Waals surface area contributed by atoms with Crippen LogP contribution in [-0.2, 0) is 5.88 Å². The molecule has 0 aliphatic carbocycles. The van der Waals surface area contributed by atoms with Crippen LogP contribution >= 0.6 is 11.6 Å². The van der Waals surface area contributed by atoms with Gasteiger partial charge < -0.3 is 0 Å². The molecule has 13 heavy (non-hydrogen) atoms. The number of hydrogen-bond acceptors (Lipinski definition) is 2. The second kappa shape index (κ2) is 4.15. The van der Waals surface area contributed by atoms with Gasteiger partial charge in [-0.1, -0.05) is 0 Å². The molecule has 1 aromatic heterocycles. The standard InChI is InChI=1S/C8H5ClF2N2/c9-3-5-1-2-13-7(8(10)11)6(5)4-12/h1-2,8H,3H2. The highest BCUT2D eigenvalue weighted by molar-refractivity contribution is 6.17. The predicted molar refractivity (Wildman–Crippen MR) is 43.5 cm³/mol. The normalized spacial score (nSPS) is 10.1. The van der Waals surface area contributed by atoms with Gasteiger partial charge in [0.25, 0.3) is 6.43 Å². The van der Waals surface area contributed by atoms with E-state index in [0.717, 1.165) is 0 Å². The molecule has 5 heteroatoms. The maximum absolute atomic E-state index is 12.3. The van der Waals surface area contributed by atoms with Crippen molar-refractivity contribution in [3.63, 3.8) is 0 Å². The largest absolute Gasteiger partial charge is 0.281 e. The third-order valence-corrected chi connectivity index (χ3v) is 1.82. The van der Waals surface area contributed by atoms with Crippen LogP contribution in [0.4, 0.5) is 8.78 Å². The number of pyridine rings is 1. The van der Waals surface area contributed by atoms with Crippen LogP contribution in [-0.4, -0.2) is 4.98 Å². The molecular formula is C8H5ClF2N2. The first kappa shape index (κ1) is 9.87. The molecule has 0 bridgehead atoms. The molecule has 68 valence electrons.